The molecule has 0 radical (unpaired) electrons. The molecule has 5 heteroatoms. The van der Waals surface area contributed by atoms with Crippen LogP contribution in [0.25, 0.3) is 0 Å². The lowest BCUT2D eigenvalue weighted by molar-refractivity contribution is -0.116. The highest BCUT2D eigenvalue weighted by molar-refractivity contribution is 8.00. The second-order valence-corrected chi connectivity index (χ2v) is 7.04. The second-order valence-electron chi connectivity index (χ2n) is 5.97. The van der Waals surface area contributed by atoms with Gasteiger partial charge in [0.1, 0.15) is 5.37 Å². The standard InChI is InChI=1S/C20H22N2O2S/c1-3-14-6-5-7-17(12-14)22-19(24)13-25-20(22)15-8-10-16(11-9-15)21-18(23)4-2/h5-12,20H,3-4,13H2,1-2H3,(H,21,23)/t20-/m0/s1. The van der Waals surface area contributed by atoms with Crippen molar-refractivity contribution in [3.8, 4) is 0 Å². The van der Waals surface area contributed by atoms with Gasteiger partial charge in [-0.3, -0.25) is 14.5 Å². The van der Waals surface area contributed by atoms with Gasteiger partial charge in [0.25, 0.3) is 0 Å². The van der Waals surface area contributed by atoms with Crippen LogP contribution >= 0.6 is 11.8 Å². The van der Waals surface area contributed by atoms with Crippen LogP contribution in [0.15, 0.2) is 48.5 Å². The summed E-state index contributed by atoms with van der Waals surface area (Å²) >= 11 is 1.63. The third-order valence-corrected chi connectivity index (χ3v) is 5.48. The van der Waals surface area contributed by atoms with Gasteiger partial charge in [-0.25, -0.2) is 0 Å². The van der Waals surface area contributed by atoms with Crippen LogP contribution in [0, 0.1) is 0 Å². The number of nitrogens with zero attached hydrogens (tertiary/aromatic N) is 1. The summed E-state index contributed by atoms with van der Waals surface area (Å²) in [6.45, 7) is 3.94. The van der Waals surface area contributed by atoms with E-state index >= 15 is 0 Å². The van der Waals surface area contributed by atoms with E-state index in [-0.39, 0.29) is 17.2 Å². The number of benzene rings is 2. The molecule has 0 unspecified atom stereocenters. The predicted molar refractivity (Wildman–Crippen MR) is 104 cm³/mol. The summed E-state index contributed by atoms with van der Waals surface area (Å²) in [6.07, 6.45) is 1.40. The Kier molecular flexibility index (Phi) is 5.43. The molecule has 0 aliphatic carbocycles. The average molecular weight is 354 g/mol. The van der Waals surface area contributed by atoms with Crippen LogP contribution in [0.3, 0.4) is 0 Å². The highest BCUT2D eigenvalue weighted by Crippen LogP contribution is 2.42. The number of carbonyl (C=O) groups is 2. The van der Waals surface area contributed by atoms with E-state index in [1.54, 1.807) is 11.8 Å². The van der Waals surface area contributed by atoms with E-state index in [2.05, 4.69) is 24.4 Å². The summed E-state index contributed by atoms with van der Waals surface area (Å²) < 4.78 is 0. The van der Waals surface area contributed by atoms with Gasteiger partial charge in [-0.15, -0.1) is 11.8 Å². The number of carbonyl (C=O) groups excluding carboxylic acids is 2. The molecular weight excluding hydrogens is 332 g/mol. The zero-order valence-corrected chi connectivity index (χ0v) is 15.3. The minimum atomic E-state index is -0.0319. The number of nitrogens with one attached hydrogen (secondary N) is 1. The Morgan fingerprint density at radius 3 is 2.64 bits per heavy atom. The molecule has 0 spiro atoms. The van der Waals surface area contributed by atoms with Crippen molar-refractivity contribution in [2.24, 2.45) is 0 Å². The fourth-order valence-corrected chi connectivity index (χ4v) is 4.03. The maximum absolute atomic E-state index is 12.5. The van der Waals surface area contributed by atoms with Gasteiger partial charge in [0.2, 0.25) is 11.8 Å². The fraction of sp³-hybridized carbons (Fsp3) is 0.300. The minimum Gasteiger partial charge on any atom is -0.326 e. The van der Waals surface area contributed by atoms with Gasteiger partial charge >= 0.3 is 0 Å². The largest absolute Gasteiger partial charge is 0.326 e. The van der Waals surface area contributed by atoms with E-state index in [1.165, 1.54) is 5.56 Å². The highest BCUT2D eigenvalue weighted by Gasteiger charge is 2.34. The Morgan fingerprint density at radius 2 is 1.96 bits per heavy atom. The zero-order valence-electron chi connectivity index (χ0n) is 14.5. The molecule has 2 amide bonds. The molecule has 25 heavy (non-hydrogen) atoms. The van der Waals surface area contributed by atoms with E-state index < -0.39 is 0 Å². The Bertz CT molecular complexity index is 774. The Balaban J connectivity index is 1.85. The Morgan fingerprint density at radius 1 is 1.20 bits per heavy atom. The van der Waals surface area contributed by atoms with Gasteiger partial charge in [0, 0.05) is 17.8 Å². The van der Waals surface area contributed by atoms with Crippen molar-refractivity contribution in [2.75, 3.05) is 16.0 Å². The molecule has 1 heterocycles. The van der Waals surface area contributed by atoms with Crippen LogP contribution < -0.4 is 10.2 Å². The van der Waals surface area contributed by atoms with Crippen molar-refractivity contribution in [2.45, 2.75) is 32.1 Å². The SMILES string of the molecule is CCC(=O)Nc1ccc([C@@H]2SCC(=O)N2c2cccc(CC)c2)cc1. The Hall–Kier alpha value is -2.27. The molecule has 0 saturated carbocycles. The van der Waals surface area contributed by atoms with Crippen molar-refractivity contribution in [3.05, 3.63) is 59.7 Å². The molecule has 4 nitrogen and oxygen atoms in total. The molecule has 2 aromatic carbocycles. The van der Waals surface area contributed by atoms with E-state index in [1.807, 2.05) is 48.2 Å². The fourth-order valence-electron chi connectivity index (χ4n) is 2.86. The zero-order chi connectivity index (χ0) is 17.8. The minimum absolute atomic E-state index is 0.00354. The third-order valence-electron chi connectivity index (χ3n) is 4.27. The molecule has 3 rings (SSSR count). The highest BCUT2D eigenvalue weighted by atomic mass is 32.2. The number of thioether (sulfide) groups is 1. The van der Waals surface area contributed by atoms with Crippen LogP contribution in [0.4, 0.5) is 11.4 Å². The molecule has 130 valence electrons. The molecule has 1 N–H and O–H groups in total. The normalized spacial score (nSPS) is 17.0. The number of aryl methyl sites for hydroxylation is 1. The quantitative estimate of drug-likeness (QED) is 0.867. The second kappa shape index (κ2) is 7.74. The molecule has 1 fully saturated rings. The topological polar surface area (TPSA) is 49.4 Å². The van der Waals surface area contributed by atoms with Gasteiger partial charge in [-0.2, -0.15) is 0 Å². The van der Waals surface area contributed by atoms with Gasteiger partial charge in [-0.1, -0.05) is 38.1 Å². The van der Waals surface area contributed by atoms with Gasteiger partial charge in [-0.05, 0) is 41.8 Å². The molecule has 1 aliphatic rings. The number of amides is 2. The van der Waals surface area contributed by atoms with E-state index in [4.69, 9.17) is 0 Å². The maximum Gasteiger partial charge on any atom is 0.238 e. The molecule has 1 aliphatic heterocycles. The molecule has 1 atom stereocenters. The molecule has 2 aromatic rings. The number of rotatable bonds is 5. The molecule has 1 saturated heterocycles. The van der Waals surface area contributed by atoms with Crippen LogP contribution in [0.5, 0.6) is 0 Å². The van der Waals surface area contributed by atoms with Crippen molar-refractivity contribution < 1.29 is 9.59 Å². The summed E-state index contributed by atoms with van der Waals surface area (Å²) in [7, 11) is 0. The predicted octanol–water partition coefficient (Wildman–Crippen LogP) is 4.38. The third kappa shape index (κ3) is 3.87. The van der Waals surface area contributed by atoms with Crippen LogP contribution in [0.2, 0.25) is 0 Å². The monoisotopic (exact) mass is 354 g/mol. The first-order valence-corrected chi connectivity index (χ1v) is 9.59. The molecule has 0 bridgehead atoms. The summed E-state index contributed by atoms with van der Waals surface area (Å²) in [6, 6.07) is 15.9. The van der Waals surface area contributed by atoms with Gasteiger partial charge < -0.3 is 5.32 Å². The summed E-state index contributed by atoms with van der Waals surface area (Å²) in [5, 5.41) is 2.82. The maximum atomic E-state index is 12.5. The molecular formula is C20H22N2O2S. The first-order chi connectivity index (χ1) is 12.1. The average Bonchev–Trinajstić information content (AvgIpc) is 3.03. The van der Waals surface area contributed by atoms with Gasteiger partial charge in [0.05, 0.1) is 5.75 Å². The van der Waals surface area contributed by atoms with Crippen LogP contribution in [-0.4, -0.2) is 17.6 Å². The lowest BCUT2D eigenvalue weighted by Gasteiger charge is -2.25. The molecule has 0 aromatic heterocycles. The van der Waals surface area contributed by atoms with Crippen LogP contribution in [0.1, 0.15) is 36.8 Å². The first-order valence-electron chi connectivity index (χ1n) is 8.54. The van der Waals surface area contributed by atoms with E-state index in [0.29, 0.717) is 12.2 Å². The summed E-state index contributed by atoms with van der Waals surface area (Å²) in [4.78, 5) is 25.8. The summed E-state index contributed by atoms with van der Waals surface area (Å²) in [5.41, 5.74) is 4.01. The van der Waals surface area contributed by atoms with Crippen molar-refractivity contribution in [3.63, 3.8) is 0 Å². The number of anilines is 2. The number of hydrogen-bond donors (Lipinski definition) is 1. The van der Waals surface area contributed by atoms with Crippen molar-refractivity contribution >= 4 is 35.0 Å². The van der Waals surface area contributed by atoms with Crippen molar-refractivity contribution in [1.82, 2.24) is 0 Å². The lowest BCUT2D eigenvalue weighted by Crippen LogP contribution is -2.27. The van der Waals surface area contributed by atoms with Crippen molar-refractivity contribution in [1.29, 1.82) is 0 Å². The van der Waals surface area contributed by atoms with Crippen LogP contribution in [-0.2, 0) is 16.0 Å². The van der Waals surface area contributed by atoms with Gasteiger partial charge in [0.15, 0.2) is 0 Å². The smallest absolute Gasteiger partial charge is 0.238 e. The Labute approximate surface area is 152 Å². The summed E-state index contributed by atoms with van der Waals surface area (Å²) in [5.74, 6) is 0.609. The van der Waals surface area contributed by atoms with E-state index in [9.17, 15) is 9.59 Å². The first kappa shape index (κ1) is 17.5. The lowest BCUT2D eigenvalue weighted by atomic mass is 10.1. The van der Waals surface area contributed by atoms with E-state index in [0.717, 1.165) is 23.4 Å². The number of hydrogen-bond acceptors (Lipinski definition) is 3.